The third kappa shape index (κ3) is 2.68. The Kier molecular flexibility index (Phi) is 3.94. The molecule has 6 nitrogen and oxygen atoms in total. The number of nitrogens with zero attached hydrogens (tertiary/aromatic N) is 4. The highest BCUT2D eigenvalue weighted by Crippen LogP contribution is 2.27. The number of hydrogen-bond acceptors (Lipinski definition) is 4. The molecule has 2 heterocycles. The molecule has 0 bridgehead atoms. The lowest BCUT2D eigenvalue weighted by molar-refractivity contribution is 0.300. The van der Waals surface area contributed by atoms with Gasteiger partial charge in [-0.1, -0.05) is 0 Å². The summed E-state index contributed by atoms with van der Waals surface area (Å²) in [6.45, 7) is 1.10. The predicted octanol–water partition coefficient (Wildman–Crippen LogP) is 0.462. The largest absolute Gasteiger partial charge is 0.281 e. The van der Waals surface area contributed by atoms with Gasteiger partial charge in [-0.05, 0) is 18.9 Å². The van der Waals surface area contributed by atoms with E-state index in [0.717, 1.165) is 18.5 Å². The molecular formula is C11H18N4O2S. The Balaban J connectivity index is 2.01. The minimum Gasteiger partial charge on any atom is -0.245 e. The molecule has 0 aromatic carbocycles. The molecule has 0 spiro atoms. The van der Waals surface area contributed by atoms with Gasteiger partial charge in [0.15, 0.2) is 0 Å². The second kappa shape index (κ2) is 5.29. The summed E-state index contributed by atoms with van der Waals surface area (Å²) in [4.78, 5) is 8.13. The van der Waals surface area contributed by atoms with Crippen LogP contribution in [0.2, 0.25) is 0 Å². The molecule has 1 aromatic heterocycles. The quantitative estimate of drug-likeness (QED) is 0.800. The molecule has 0 radical (unpaired) electrons. The Morgan fingerprint density at radius 2 is 2.00 bits per heavy atom. The van der Waals surface area contributed by atoms with Crippen LogP contribution in [-0.2, 0) is 10.2 Å². The van der Waals surface area contributed by atoms with Crippen LogP contribution in [0.3, 0.4) is 0 Å². The van der Waals surface area contributed by atoms with Crippen LogP contribution in [-0.4, -0.2) is 54.2 Å². The molecule has 1 aliphatic rings. The van der Waals surface area contributed by atoms with Crippen molar-refractivity contribution >= 4 is 10.2 Å². The van der Waals surface area contributed by atoms with Crippen molar-refractivity contribution in [1.29, 1.82) is 0 Å². The van der Waals surface area contributed by atoms with Crippen LogP contribution < -0.4 is 0 Å². The van der Waals surface area contributed by atoms with Gasteiger partial charge in [-0.3, -0.25) is 0 Å². The lowest BCUT2D eigenvalue weighted by atomic mass is 9.94. The minimum atomic E-state index is -3.27. The van der Waals surface area contributed by atoms with E-state index in [4.69, 9.17) is 0 Å². The first-order valence-electron chi connectivity index (χ1n) is 5.95. The summed E-state index contributed by atoms with van der Waals surface area (Å²) in [5, 5.41) is 0. The zero-order chi connectivity index (χ0) is 13.2. The van der Waals surface area contributed by atoms with Crippen LogP contribution in [0.25, 0.3) is 0 Å². The summed E-state index contributed by atoms with van der Waals surface area (Å²) in [5.74, 6) is 0.335. The highest BCUT2D eigenvalue weighted by Gasteiger charge is 2.30. The van der Waals surface area contributed by atoms with Crippen LogP contribution in [0.15, 0.2) is 18.6 Å². The summed E-state index contributed by atoms with van der Waals surface area (Å²) in [5.41, 5.74) is 1.01. The first-order valence-corrected chi connectivity index (χ1v) is 7.35. The summed E-state index contributed by atoms with van der Waals surface area (Å²) in [6, 6.07) is 1.90. The van der Waals surface area contributed by atoms with E-state index in [-0.39, 0.29) is 0 Å². The Bertz CT molecular complexity index is 481. The van der Waals surface area contributed by atoms with Gasteiger partial charge in [0.05, 0.1) is 0 Å². The molecule has 1 fully saturated rings. The maximum Gasteiger partial charge on any atom is 0.281 e. The van der Waals surface area contributed by atoms with Gasteiger partial charge in [-0.15, -0.1) is 0 Å². The van der Waals surface area contributed by atoms with Gasteiger partial charge in [-0.25, -0.2) is 9.97 Å². The highest BCUT2D eigenvalue weighted by molar-refractivity contribution is 7.86. The first kappa shape index (κ1) is 13.4. The van der Waals surface area contributed by atoms with Crippen molar-refractivity contribution in [3.05, 3.63) is 24.3 Å². The summed E-state index contributed by atoms with van der Waals surface area (Å²) >= 11 is 0. The first-order chi connectivity index (χ1) is 8.51. The molecule has 1 aromatic rings. The lowest BCUT2D eigenvalue weighted by Crippen LogP contribution is -2.44. The Morgan fingerprint density at radius 1 is 1.33 bits per heavy atom. The van der Waals surface area contributed by atoms with Crippen molar-refractivity contribution in [1.82, 2.24) is 18.6 Å². The van der Waals surface area contributed by atoms with E-state index in [1.54, 1.807) is 20.3 Å². The average molecular weight is 270 g/mol. The van der Waals surface area contributed by atoms with Crippen LogP contribution in [0, 0.1) is 0 Å². The fourth-order valence-electron chi connectivity index (χ4n) is 2.16. The number of piperidine rings is 1. The molecule has 0 atom stereocenters. The maximum atomic E-state index is 12.0. The molecule has 2 rings (SSSR count). The summed E-state index contributed by atoms with van der Waals surface area (Å²) in [6.07, 6.45) is 4.89. The molecule has 100 valence electrons. The van der Waals surface area contributed by atoms with Gasteiger partial charge in [-0.2, -0.15) is 17.0 Å². The van der Waals surface area contributed by atoms with Gasteiger partial charge in [0.25, 0.3) is 10.2 Å². The second-order valence-corrected chi connectivity index (χ2v) is 6.74. The fourth-order valence-corrected chi connectivity index (χ4v) is 3.29. The van der Waals surface area contributed by atoms with E-state index in [2.05, 4.69) is 9.97 Å². The van der Waals surface area contributed by atoms with E-state index >= 15 is 0 Å². The van der Waals surface area contributed by atoms with Crippen molar-refractivity contribution in [2.75, 3.05) is 27.2 Å². The van der Waals surface area contributed by atoms with Crippen molar-refractivity contribution < 1.29 is 8.42 Å². The minimum absolute atomic E-state index is 0.335. The van der Waals surface area contributed by atoms with Gasteiger partial charge >= 0.3 is 0 Å². The van der Waals surface area contributed by atoms with Gasteiger partial charge < -0.3 is 0 Å². The number of aromatic nitrogens is 2. The molecule has 0 N–H and O–H groups in total. The molecule has 1 saturated heterocycles. The molecule has 0 saturated carbocycles. The Labute approximate surface area is 108 Å². The zero-order valence-electron chi connectivity index (χ0n) is 10.7. The van der Waals surface area contributed by atoms with E-state index in [0.29, 0.717) is 19.0 Å². The van der Waals surface area contributed by atoms with Gasteiger partial charge in [0, 0.05) is 45.0 Å². The third-order valence-corrected chi connectivity index (χ3v) is 5.21. The zero-order valence-corrected chi connectivity index (χ0v) is 11.5. The molecule has 0 amide bonds. The standard InChI is InChI=1S/C11H18N4O2S/c1-14(2)18(16,17)15-7-4-10(5-8-15)11-3-6-12-9-13-11/h3,6,9-10H,4-5,7-8H2,1-2H3. The van der Waals surface area contributed by atoms with Crippen molar-refractivity contribution in [3.63, 3.8) is 0 Å². The van der Waals surface area contributed by atoms with Crippen molar-refractivity contribution in [3.8, 4) is 0 Å². The van der Waals surface area contributed by atoms with E-state index in [1.165, 1.54) is 14.9 Å². The molecule has 0 aliphatic carbocycles. The fraction of sp³-hybridized carbons (Fsp3) is 0.636. The van der Waals surface area contributed by atoms with Crippen LogP contribution in [0.1, 0.15) is 24.5 Å². The average Bonchev–Trinajstić information content (AvgIpc) is 2.40. The molecular weight excluding hydrogens is 252 g/mol. The Hall–Kier alpha value is -1.05. The van der Waals surface area contributed by atoms with E-state index in [9.17, 15) is 8.42 Å². The Morgan fingerprint density at radius 3 is 2.50 bits per heavy atom. The highest BCUT2D eigenvalue weighted by atomic mass is 32.2. The third-order valence-electron chi connectivity index (χ3n) is 3.26. The number of rotatable bonds is 3. The van der Waals surface area contributed by atoms with E-state index < -0.39 is 10.2 Å². The molecule has 18 heavy (non-hydrogen) atoms. The van der Waals surface area contributed by atoms with Crippen molar-refractivity contribution in [2.24, 2.45) is 0 Å². The summed E-state index contributed by atoms with van der Waals surface area (Å²) < 4.78 is 26.7. The predicted molar refractivity (Wildman–Crippen MR) is 68.2 cm³/mol. The van der Waals surface area contributed by atoms with Crippen LogP contribution in [0.5, 0.6) is 0 Å². The van der Waals surface area contributed by atoms with Gasteiger partial charge in [0.1, 0.15) is 6.33 Å². The smallest absolute Gasteiger partial charge is 0.245 e. The van der Waals surface area contributed by atoms with Crippen LogP contribution in [0.4, 0.5) is 0 Å². The topological polar surface area (TPSA) is 66.4 Å². The lowest BCUT2D eigenvalue weighted by Gasteiger charge is -2.32. The molecule has 0 unspecified atom stereocenters. The molecule has 1 aliphatic heterocycles. The SMILES string of the molecule is CN(C)S(=O)(=O)N1CCC(c2ccncn2)CC1. The maximum absolute atomic E-state index is 12.0. The van der Waals surface area contributed by atoms with Crippen LogP contribution >= 0.6 is 0 Å². The monoisotopic (exact) mass is 270 g/mol. The number of hydrogen-bond donors (Lipinski definition) is 0. The second-order valence-electron chi connectivity index (χ2n) is 4.60. The normalized spacial score (nSPS) is 19.3. The van der Waals surface area contributed by atoms with Crippen molar-refractivity contribution in [2.45, 2.75) is 18.8 Å². The summed E-state index contributed by atoms with van der Waals surface area (Å²) in [7, 11) is -0.149. The molecule has 7 heteroatoms. The van der Waals surface area contributed by atoms with Gasteiger partial charge in [0.2, 0.25) is 0 Å². The van der Waals surface area contributed by atoms with E-state index in [1.807, 2.05) is 6.07 Å².